The summed E-state index contributed by atoms with van der Waals surface area (Å²) in [6.07, 6.45) is 3.59. The second kappa shape index (κ2) is 6.61. The van der Waals surface area contributed by atoms with E-state index in [1.807, 2.05) is 61.5 Å². The van der Waals surface area contributed by atoms with Gasteiger partial charge in [0, 0.05) is 23.5 Å². The highest BCUT2D eigenvalue weighted by Crippen LogP contribution is 2.25. The van der Waals surface area contributed by atoms with E-state index >= 15 is 0 Å². The SMILES string of the molecule is Cc1nc(-c2ccccc2)nc(-c2cccc(-c3ccncc3)c2)n1. The lowest BCUT2D eigenvalue weighted by Crippen LogP contribution is -1.99. The Balaban J connectivity index is 1.79. The van der Waals surface area contributed by atoms with E-state index in [1.165, 1.54) is 0 Å². The molecule has 25 heavy (non-hydrogen) atoms. The van der Waals surface area contributed by atoms with Gasteiger partial charge in [-0.25, -0.2) is 15.0 Å². The van der Waals surface area contributed by atoms with Crippen LogP contribution in [0.15, 0.2) is 79.1 Å². The van der Waals surface area contributed by atoms with Crippen molar-refractivity contribution in [2.24, 2.45) is 0 Å². The van der Waals surface area contributed by atoms with Gasteiger partial charge in [-0.3, -0.25) is 4.98 Å². The van der Waals surface area contributed by atoms with Crippen LogP contribution in [0.5, 0.6) is 0 Å². The van der Waals surface area contributed by atoms with E-state index < -0.39 is 0 Å². The quantitative estimate of drug-likeness (QED) is 0.553. The molecule has 4 nitrogen and oxygen atoms in total. The molecule has 0 saturated carbocycles. The van der Waals surface area contributed by atoms with Crippen LogP contribution in [0.25, 0.3) is 33.9 Å². The first-order valence-corrected chi connectivity index (χ1v) is 8.08. The molecule has 0 fully saturated rings. The fourth-order valence-corrected chi connectivity index (χ4v) is 2.71. The molecule has 0 aliphatic carbocycles. The van der Waals surface area contributed by atoms with Gasteiger partial charge in [-0.15, -0.1) is 0 Å². The number of rotatable bonds is 3. The van der Waals surface area contributed by atoms with E-state index in [1.54, 1.807) is 12.4 Å². The van der Waals surface area contributed by atoms with Crippen LogP contribution >= 0.6 is 0 Å². The molecule has 0 amide bonds. The van der Waals surface area contributed by atoms with Crippen molar-refractivity contribution in [2.45, 2.75) is 6.92 Å². The summed E-state index contributed by atoms with van der Waals surface area (Å²) in [4.78, 5) is 17.8. The highest BCUT2D eigenvalue weighted by atomic mass is 15.0. The number of hydrogen-bond acceptors (Lipinski definition) is 4. The van der Waals surface area contributed by atoms with Gasteiger partial charge in [-0.05, 0) is 36.2 Å². The first-order chi connectivity index (χ1) is 12.3. The van der Waals surface area contributed by atoms with E-state index in [9.17, 15) is 0 Å². The summed E-state index contributed by atoms with van der Waals surface area (Å²) in [5.41, 5.74) is 4.18. The maximum absolute atomic E-state index is 4.67. The van der Waals surface area contributed by atoms with Crippen LogP contribution in [0.3, 0.4) is 0 Å². The highest BCUT2D eigenvalue weighted by Gasteiger charge is 2.09. The van der Waals surface area contributed by atoms with Gasteiger partial charge >= 0.3 is 0 Å². The van der Waals surface area contributed by atoms with Gasteiger partial charge in [0.25, 0.3) is 0 Å². The van der Waals surface area contributed by atoms with Crippen molar-refractivity contribution in [2.75, 3.05) is 0 Å². The number of hydrogen-bond donors (Lipinski definition) is 0. The van der Waals surface area contributed by atoms with E-state index in [0.29, 0.717) is 17.5 Å². The zero-order valence-corrected chi connectivity index (χ0v) is 13.8. The number of nitrogens with zero attached hydrogens (tertiary/aromatic N) is 4. The van der Waals surface area contributed by atoms with Crippen molar-refractivity contribution in [3.8, 4) is 33.9 Å². The highest BCUT2D eigenvalue weighted by molar-refractivity contribution is 5.70. The maximum atomic E-state index is 4.67. The average molecular weight is 324 g/mol. The fraction of sp³-hybridized carbons (Fsp3) is 0.0476. The Labute approximate surface area is 146 Å². The lowest BCUT2D eigenvalue weighted by Gasteiger charge is -2.07. The van der Waals surface area contributed by atoms with Crippen molar-refractivity contribution in [3.63, 3.8) is 0 Å². The molecule has 4 rings (SSSR count). The third-order valence-electron chi connectivity index (χ3n) is 3.91. The van der Waals surface area contributed by atoms with Crippen LogP contribution in [0, 0.1) is 6.92 Å². The van der Waals surface area contributed by atoms with Gasteiger partial charge < -0.3 is 0 Å². The summed E-state index contributed by atoms with van der Waals surface area (Å²) in [6.45, 7) is 1.89. The van der Waals surface area contributed by atoms with Crippen LogP contribution in [0.4, 0.5) is 0 Å². The van der Waals surface area contributed by atoms with Crippen molar-refractivity contribution in [1.29, 1.82) is 0 Å². The van der Waals surface area contributed by atoms with Gasteiger partial charge in [0.05, 0.1) is 0 Å². The van der Waals surface area contributed by atoms with Crippen LogP contribution in [-0.2, 0) is 0 Å². The minimum Gasteiger partial charge on any atom is -0.265 e. The number of aromatic nitrogens is 4. The minimum atomic E-state index is 0.683. The van der Waals surface area contributed by atoms with Gasteiger partial charge in [-0.1, -0.05) is 48.5 Å². The molecule has 0 unspecified atom stereocenters. The maximum Gasteiger partial charge on any atom is 0.163 e. The smallest absolute Gasteiger partial charge is 0.163 e. The van der Waals surface area contributed by atoms with Crippen LogP contribution in [0.1, 0.15) is 5.82 Å². The molecular weight excluding hydrogens is 308 g/mol. The molecule has 0 aliphatic rings. The average Bonchev–Trinajstić information content (AvgIpc) is 2.69. The molecular formula is C21H16N4. The molecule has 4 aromatic rings. The standard InChI is InChI=1S/C21H16N4/c1-15-23-20(17-6-3-2-4-7-17)25-21(24-15)19-9-5-8-18(14-19)16-10-12-22-13-11-16/h2-14H,1H3. The third kappa shape index (κ3) is 3.28. The molecule has 0 bridgehead atoms. The van der Waals surface area contributed by atoms with Crippen molar-refractivity contribution in [1.82, 2.24) is 19.9 Å². The van der Waals surface area contributed by atoms with E-state index in [0.717, 1.165) is 22.3 Å². The second-order valence-corrected chi connectivity index (χ2v) is 5.71. The zero-order chi connectivity index (χ0) is 17.1. The molecule has 0 aliphatic heterocycles. The molecule has 2 aromatic carbocycles. The van der Waals surface area contributed by atoms with Crippen LogP contribution < -0.4 is 0 Å². The monoisotopic (exact) mass is 324 g/mol. The van der Waals surface area contributed by atoms with Crippen molar-refractivity contribution < 1.29 is 0 Å². The molecule has 0 N–H and O–H groups in total. The molecule has 0 spiro atoms. The van der Waals surface area contributed by atoms with E-state index in [4.69, 9.17) is 0 Å². The topological polar surface area (TPSA) is 51.6 Å². The zero-order valence-electron chi connectivity index (χ0n) is 13.8. The Morgan fingerprint density at radius 1 is 0.560 bits per heavy atom. The molecule has 0 radical (unpaired) electrons. The van der Waals surface area contributed by atoms with Crippen molar-refractivity contribution >= 4 is 0 Å². The summed E-state index contributed by atoms with van der Waals surface area (Å²) in [6, 6.07) is 22.2. The number of pyridine rings is 1. The molecule has 2 aromatic heterocycles. The summed E-state index contributed by atoms with van der Waals surface area (Å²) in [5.74, 6) is 2.08. The van der Waals surface area contributed by atoms with Gasteiger partial charge in [-0.2, -0.15) is 0 Å². The predicted molar refractivity (Wildman–Crippen MR) is 98.7 cm³/mol. The van der Waals surface area contributed by atoms with E-state index in [2.05, 4.69) is 32.1 Å². The second-order valence-electron chi connectivity index (χ2n) is 5.71. The number of aryl methyl sites for hydroxylation is 1. The van der Waals surface area contributed by atoms with Gasteiger partial charge in [0.15, 0.2) is 11.6 Å². The molecule has 2 heterocycles. The lowest BCUT2D eigenvalue weighted by atomic mass is 10.0. The Hall–Kier alpha value is -3.40. The van der Waals surface area contributed by atoms with Gasteiger partial charge in [0.2, 0.25) is 0 Å². The Morgan fingerprint density at radius 2 is 1.20 bits per heavy atom. The number of benzene rings is 2. The lowest BCUT2D eigenvalue weighted by molar-refractivity contribution is 0.992. The fourth-order valence-electron chi connectivity index (χ4n) is 2.71. The van der Waals surface area contributed by atoms with E-state index in [-0.39, 0.29) is 0 Å². The Bertz CT molecular complexity index is 999. The summed E-state index contributed by atoms with van der Waals surface area (Å²) >= 11 is 0. The largest absolute Gasteiger partial charge is 0.265 e. The normalized spacial score (nSPS) is 10.6. The van der Waals surface area contributed by atoms with Gasteiger partial charge in [0.1, 0.15) is 5.82 Å². The summed E-state index contributed by atoms with van der Waals surface area (Å²) < 4.78 is 0. The Morgan fingerprint density at radius 3 is 1.96 bits per heavy atom. The molecule has 4 heteroatoms. The summed E-state index contributed by atoms with van der Waals surface area (Å²) in [7, 11) is 0. The summed E-state index contributed by atoms with van der Waals surface area (Å²) in [5, 5.41) is 0. The predicted octanol–water partition coefficient (Wildman–Crippen LogP) is 4.58. The van der Waals surface area contributed by atoms with Crippen molar-refractivity contribution in [3.05, 3.63) is 84.9 Å². The molecule has 120 valence electrons. The van der Waals surface area contributed by atoms with Crippen LogP contribution in [0.2, 0.25) is 0 Å². The first kappa shape index (κ1) is 15.1. The molecule has 0 atom stereocenters. The first-order valence-electron chi connectivity index (χ1n) is 8.08. The molecule has 0 saturated heterocycles. The van der Waals surface area contributed by atoms with Crippen LogP contribution in [-0.4, -0.2) is 19.9 Å². The third-order valence-corrected chi connectivity index (χ3v) is 3.91. The Kier molecular flexibility index (Phi) is 4.01. The minimum absolute atomic E-state index is 0.683.